The fourth-order valence-corrected chi connectivity index (χ4v) is 1.87. The van der Waals surface area contributed by atoms with E-state index in [0.717, 1.165) is 5.56 Å². The normalized spacial score (nSPS) is 10.2. The van der Waals surface area contributed by atoms with Crippen LogP contribution in [-0.2, 0) is 9.53 Å². The number of esters is 1. The number of methoxy groups -OCH3 is 1. The maximum Gasteiger partial charge on any atom is 0.307 e. The molecule has 0 radical (unpaired) electrons. The van der Waals surface area contributed by atoms with E-state index in [0.29, 0.717) is 25.1 Å². The third kappa shape index (κ3) is 5.01. The lowest BCUT2D eigenvalue weighted by Gasteiger charge is -2.22. The summed E-state index contributed by atoms with van der Waals surface area (Å²) < 4.78 is 4.58. The number of carbonyl (C=O) groups excluding carboxylic acids is 2. The summed E-state index contributed by atoms with van der Waals surface area (Å²) >= 11 is 0. The lowest BCUT2D eigenvalue weighted by atomic mass is 10.1. The highest BCUT2D eigenvalue weighted by Gasteiger charge is 2.16. The Morgan fingerprint density at radius 2 is 2.05 bits per heavy atom. The Morgan fingerprint density at radius 1 is 1.30 bits per heavy atom. The minimum atomic E-state index is -0.351. The Balaban J connectivity index is 2.75. The molecular weight excluding hydrogens is 258 g/mol. The largest absolute Gasteiger partial charge is 0.469 e. The van der Waals surface area contributed by atoms with Crippen LogP contribution in [0.5, 0.6) is 0 Å². The Morgan fingerprint density at radius 3 is 2.65 bits per heavy atom. The van der Waals surface area contributed by atoms with Crippen LogP contribution >= 0.6 is 0 Å². The monoisotopic (exact) mass is 279 g/mol. The third-order valence-electron chi connectivity index (χ3n) is 2.95. The quantitative estimate of drug-likeness (QED) is 0.766. The molecule has 0 bridgehead atoms. The number of hydrogen-bond acceptors (Lipinski definition) is 4. The van der Waals surface area contributed by atoms with Crippen molar-refractivity contribution in [1.29, 1.82) is 0 Å². The van der Waals surface area contributed by atoms with Crippen molar-refractivity contribution in [3.63, 3.8) is 0 Å². The van der Waals surface area contributed by atoms with Crippen molar-refractivity contribution in [3.05, 3.63) is 35.4 Å². The van der Waals surface area contributed by atoms with Gasteiger partial charge in [-0.05, 0) is 25.5 Å². The summed E-state index contributed by atoms with van der Waals surface area (Å²) in [4.78, 5) is 25.2. The van der Waals surface area contributed by atoms with E-state index >= 15 is 0 Å². The van der Waals surface area contributed by atoms with Crippen LogP contribution in [-0.4, -0.2) is 48.7 Å². The van der Waals surface area contributed by atoms with E-state index in [1.54, 1.807) is 11.0 Å². The number of hydrogen-bond donors (Lipinski definition) is 1. The molecule has 1 N–H and O–H groups in total. The Labute approximate surface area is 119 Å². The van der Waals surface area contributed by atoms with Gasteiger partial charge in [0.05, 0.1) is 13.5 Å². The molecule has 20 heavy (non-hydrogen) atoms. The van der Waals surface area contributed by atoms with Gasteiger partial charge in [-0.2, -0.15) is 0 Å². The van der Waals surface area contributed by atoms with Crippen molar-refractivity contribution < 1.29 is 19.4 Å². The second-order valence-electron chi connectivity index (χ2n) is 4.56. The summed E-state index contributed by atoms with van der Waals surface area (Å²) in [5.74, 6) is -0.484. The van der Waals surface area contributed by atoms with Crippen LogP contribution < -0.4 is 0 Å². The van der Waals surface area contributed by atoms with Crippen LogP contribution in [0, 0.1) is 6.92 Å². The predicted octanol–water partition coefficient (Wildman–Crippen LogP) is 1.38. The summed E-state index contributed by atoms with van der Waals surface area (Å²) in [6, 6.07) is 7.31. The van der Waals surface area contributed by atoms with Gasteiger partial charge in [0.2, 0.25) is 0 Å². The topological polar surface area (TPSA) is 66.8 Å². The van der Waals surface area contributed by atoms with Crippen LogP contribution in [0.2, 0.25) is 0 Å². The Kier molecular flexibility index (Phi) is 6.73. The van der Waals surface area contributed by atoms with Crippen molar-refractivity contribution in [2.24, 2.45) is 0 Å². The SMILES string of the molecule is COC(=O)CCN(CCCO)C(=O)c1cccc(C)c1. The molecule has 0 aromatic heterocycles. The van der Waals surface area contributed by atoms with Gasteiger partial charge in [-0.3, -0.25) is 9.59 Å². The van der Waals surface area contributed by atoms with Crippen molar-refractivity contribution in [3.8, 4) is 0 Å². The second-order valence-corrected chi connectivity index (χ2v) is 4.56. The van der Waals surface area contributed by atoms with E-state index in [4.69, 9.17) is 5.11 Å². The van der Waals surface area contributed by atoms with Gasteiger partial charge in [-0.25, -0.2) is 0 Å². The minimum Gasteiger partial charge on any atom is -0.469 e. The zero-order valence-electron chi connectivity index (χ0n) is 12.0. The first-order valence-electron chi connectivity index (χ1n) is 6.62. The van der Waals surface area contributed by atoms with Gasteiger partial charge in [0.15, 0.2) is 0 Å². The number of rotatable bonds is 7. The average Bonchev–Trinajstić information content (AvgIpc) is 2.46. The number of ether oxygens (including phenoxy) is 1. The fraction of sp³-hybridized carbons (Fsp3) is 0.467. The van der Waals surface area contributed by atoms with E-state index in [9.17, 15) is 9.59 Å². The first kappa shape index (κ1) is 16.2. The van der Waals surface area contributed by atoms with E-state index < -0.39 is 0 Å². The number of carbonyl (C=O) groups is 2. The molecule has 5 nitrogen and oxygen atoms in total. The van der Waals surface area contributed by atoms with Crippen LogP contribution in [0.3, 0.4) is 0 Å². The second kappa shape index (κ2) is 8.32. The van der Waals surface area contributed by atoms with Gasteiger partial charge >= 0.3 is 5.97 Å². The van der Waals surface area contributed by atoms with Crippen molar-refractivity contribution in [1.82, 2.24) is 4.90 Å². The number of amides is 1. The van der Waals surface area contributed by atoms with Crippen molar-refractivity contribution >= 4 is 11.9 Å². The number of aryl methyl sites for hydroxylation is 1. The molecule has 110 valence electrons. The molecule has 0 aliphatic rings. The first-order valence-corrected chi connectivity index (χ1v) is 6.62. The van der Waals surface area contributed by atoms with Crippen LogP contribution in [0.25, 0.3) is 0 Å². The average molecular weight is 279 g/mol. The zero-order valence-corrected chi connectivity index (χ0v) is 12.0. The molecule has 0 atom stereocenters. The molecule has 1 amide bonds. The summed E-state index contributed by atoms with van der Waals surface area (Å²) in [5, 5.41) is 8.91. The molecular formula is C15H21NO4. The molecule has 0 fully saturated rings. The summed E-state index contributed by atoms with van der Waals surface area (Å²) in [5.41, 5.74) is 1.60. The van der Waals surface area contributed by atoms with Crippen molar-refractivity contribution in [2.45, 2.75) is 19.8 Å². The predicted molar refractivity (Wildman–Crippen MR) is 75.4 cm³/mol. The molecule has 0 aliphatic heterocycles. The van der Waals surface area contributed by atoms with E-state index in [2.05, 4.69) is 4.74 Å². The summed E-state index contributed by atoms with van der Waals surface area (Å²) in [6.45, 7) is 2.64. The molecule has 0 aliphatic carbocycles. The maximum atomic E-state index is 12.4. The molecule has 0 unspecified atom stereocenters. The number of nitrogens with zero attached hydrogens (tertiary/aromatic N) is 1. The summed E-state index contributed by atoms with van der Waals surface area (Å²) in [6.07, 6.45) is 0.637. The van der Waals surface area contributed by atoms with Gasteiger partial charge in [0.25, 0.3) is 5.91 Å². The smallest absolute Gasteiger partial charge is 0.307 e. The van der Waals surface area contributed by atoms with E-state index in [1.165, 1.54) is 7.11 Å². The van der Waals surface area contributed by atoms with Crippen LogP contribution in [0.4, 0.5) is 0 Å². The highest BCUT2D eigenvalue weighted by molar-refractivity contribution is 5.94. The Hall–Kier alpha value is -1.88. The number of aliphatic hydroxyl groups excluding tert-OH is 1. The summed E-state index contributed by atoms with van der Waals surface area (Å²) in [7, 11) is 1.32. The van der Waals surface area contributed by atoms with E-state index in [1.807, 2.05) is 25.1 Å². The van der Waals surface area contributed by atoms with Gasteiger partial charge in [-0.15, -0.1) is 0 Å². The lowest BCUT2D eigenvalue weighted by Crippen LogP contribution is -2.34. The fourth-order valence-electron chi connectivity index (χ4n) is 1.87. The van der Waals surface area contributed by atoms with Gasteiger partial charge in [0.1, 0.15) is 0 Å². The number of aliphatic hydroxyl groups is 1. The van der Waals surface area contributed by atoms with Gasteiger partial charge in [0, 0.05) is 25.3 Å². The number of benzene rings is 1. The molecule has 0 spiro atoms. The molecule has 1 rings (SSSR count). The minimum absolute atomic E-state index is 0.00974. The Bertz CT molecular complexity index is 459. The standard InChI is InChI=1S/C15H21NO4/c1-12-5-3-6-13(11-12)15(19)16(8-4-10-17)9-7-14(18)20-2/h3,5-6,11,17H,4,7-10H2,1-2H3. The maximum absolute atomic E-state index is 12.4. The molecule has 1 aromatic rings. The van der Waals surface area contributed by atoms with Gasteiger partial charge < -0.3 is 14.7 Å². The molecule has 0 saturated carbocycles. The zero-order chi connectivity index (χ0) is 15.0. The lowest BCUT2D eigenvalue weighted by molar-refractivity contribution is -0.140. The van der Waals surface area contributed by atoms with Crippen LogP contribution in [0.15, 0.2) is 24.3 Å². The highest BCUT2D eigenvalue weighted by atomic mass is 16.5. The van der Waals surface area contributed by atoms with Gasteiger partial charge in [-0.1, -0.05) is 17.7 Å². The first-order chi connectivity index (χ1) is 9.58. The third-order valence-corrected chi connectivity index (χ3v) is 2.95. The molecule has 1 aromatic carbocycles. The van der Waals surface area contributed by atoms with Crippen molar-refractivity contribution in [2.75, 3.05) is 26.8 Å². The molecule has 5 heteroatoms. The van der Waals surface area contributed by atoms with E-state index in [-0.39, 0.29) is 24.9 Å². The molecule has 0 heterocycles. The molecule has 0 saturated heterocycles. The van der Waals surface area contributed by atoms with Crippen LogP contribution in [0.1, 0.15) is 28.8 Å². The highest BCUT2D eigenvalue weighted by Crippen LogP contribution is 2.09.